The number of benzene rings is 3. The number of amides is 1. The van der Waals surface area contributed by atoms with E-state index in [0.717, 1.165) is 5.69 Å². The zero-order chi connectivity index (χ0) is 22.7. The third kappa shape index (κ3) is 4.55. The Morgan fingerprint density at radius 1 is 0.906 bits per heavy atom. The maximum Gasteiger partial charge on any atom is 0.240 e. The summed E-state index contributed by atoms with van der Waals surface area (Å²) in [4.78, 5) is 14.6. The molecule has 0 aliphatic carbocycles. The van der Waals surface area contributed by atoms with Crippen LogP contribution in [0.4, 0.5) is 14.5 Å². The molecule has 0 aliphatic rings. The molecule has 1 atom stereocenters. The molecular weight excluding hydrogens is 430 g/mol. The van der Waals surface area contributed by atoms with Crippen LogP contribution in [-0.2, 0) is 4.79 Å². The van der Waals surface area contributed by atoms with E-state index in [0.29, 0.717) is 22.2 Å². The van der Waals surface area contributed by atoms with E-state index in [1.54, 1.807) is 47.7 Å². The van der Waals surface area contributed by atoms with Crippen LogP contribution in [0.2, 0.25) is 0 Å². The number of thioether (sulfide) groups is 1. The summed E-state index contributed by atoms with van der Waals surface area (Å²) in [5.41, 5.74) is 2.07. The second-order valence-corrected chi connectivity index (χ2v) is 8.43. The van der Waals surface area contributed by atoms with Gasteiger partial charge in [-0.25, -0.2) is 8.78 Å². The molecular formula is C24H20F2N4OS. The van der Waals surface area contributed by atoms with Crippen molar-refractivity contribution in [2.75, 3.05) is 11.9 Å². The van der Waals surface area contributed by atoms with E-state index in [4.69, 9.17) is 0 Å². The van der Waals surface area contributed by atoms with Gasteiger partial charge in [-0.2, -0.15) is 0 Å². The van der Waals surface area contributed by atoms with E-state index in [1.807, 2.05) is 30.3 Å². The molecule has 0 spiro atoms. The summed E-state index contributed by atoms with van der Waals surface area (Å²) in [5.74, 6) is -0.361. The summed E-state index contributed by atoms with van der Waals surface area (Å²) in [7, 11) is 1.73. The minimum absolute atomic E-state index is 0.0989. The van der Waals surface area contributed by atoms with Gasteiger partial charge in [0.15, 0.2) is 11.0 Å². The van der Waals surface area contributed by atoms with Gasteiger partial charge in [0.05, 0.1) is 5.25 Å². The molecule has 4 aromatic rings. The maximum absolute atomic E-state index is 13.5. The second kappa shape index (κ2) is 9.32. The lowest BCUT2D eigenvalue weighted by Crippen LogP contribution is -2.33. The van der Waals surface area contributed by atoms with Crippen molar-refractivity contribution in [2.45, 2.75) is 17.3 Å². The molecule has 0 fully saturated rings. The van der Waals surface area contributed by atoms with Gasteiger partial charge >= 0.3 is 0 Å². The molecule has 0 saturated heterocycles. The Bertz CT molecular complexity index is 1210. The molecule has 0 radical (unpaired) electrons. The van der Waals surface area contributed by atoms with E-state index in [-0.39, 0.29) is 17.5 Å². The fourth-order valence-electron chi connectivity index (χ4n) is 3.22. The van der Waals surface area contributed by atoms with Crippen molar-refractivity contribution in [3.05, 3.63) is 90.5 Å². The number of aromatic nitrogens is 3. The monoisotopic (exact) mass is 450 g/mol. The number of para-hydroxylation sites is 1. The minimum Gasteiger partial charge on any atom is -0.315 e. The predicted octanol–water partition coefficient (Wildman–Crippen LogP) is 5.36. The highest BCUT2D eigenvalue weighted by molar-refractivity contribution is 8.00. The Balaban J connectivity index is 1.68. The SMILES string of the molecule is CC(Sc1nnc(-c2ccc(F)cc2)n1-c1ccc(F)cc1)C(=O)N(C)c1ccccc1. The Kier molecular flexibility index (Phi) is 6.32. The Morgan fingerprint density at radius 2 is 1.50 bits per heavy atom. The van der Waals surface area contributed by atoms with Gasteiger partial charge in [0.1, 0.15) is 11.6 Å². The fourth-order valence-corrected chi connectivity index (χ4v) is 4.18. The van der Waals surface area contributed by atoms with Gasteiger partial charge in [-0.1, -0.05) is 30.0 Å². The molecule has 5 nitrogen and oxygen atoms in total. The van der Waals surface area contributed by atoms with Crippen LogP contribution in [0.25, 0.3) is 17.1 Å². The molecule has 1 unspecified atom stereocenters. The number of anilines is 1. The number of hydrogen-bond donors (Lipinski definition) is 0. The molecule has 1 aromatic heterocycles. The third-order valence-electron chi connectivity index (χ3n) is 4.92. The van der Waals surface area contributed by atoms with Gasteiger partial charge in [0.25, 0.3) is 0 Å². The molecule has 0 N–H and O–H groups in total. The highest BCUT2D eigenvalue weighted by atomic mass is 32.2. The van der Waals surface area contributed by atoms with Crippen LogP contribution >= 0.6 is 11.8 Å². The Labute approximate surface area is 188 Å². The first-order valence-corrected chi connectivity index (χ1v) is 10.8. The number of carbonyl (C=O) groups is 1. The molecule has 8 heteroatoms. The van der Waals surface area contributed by atoms with Gasteiger partial charge < -0.3 is 4.90 Å². The summed E-state index contributed by atoms with van der Waals surface area (Å²) in [6.07, 6.45) is 0. The number of hydrogen-bond acceptors (Lipinski definition) is 4. The summed E-state index contributed by atoms with van der Waals surface area (Å²) >= 11 is 1.25. The highest BCUT2D eigenvalue weighted by Crippen LogP contribution is 2.31. The van der Waals surface area contributed by atoms with Crippen LogP contribution in [-0.4, -0.2) is 33.0 Å². The highest BCUT2D eigenvalue weighted by Gasteiger charge is 2.24. The minimum atomic E-state index is -0.468. The molecule has 3 aromatic carbocycles. The smallest absolute Gasteiger partial charge is 0.240 e. The van der Waals surface area contributed by atoms with Crippen molar-refractivity contribution in [3.8, 4) is 17.1 Å². The first-order valence-electron chi connectivity index (χ1n) is 9.90. The number of nitrogens with zero attached hydrogens (tertiary/aromatic N) is 4. The summed E-state index contributed by atoms with van der Waals surface area (Å²) in [6.45, 7) is 1.80. The Morgan fingerprint density at radius 3 is 2.12 bits per heavy atom. The summed E-state index contributed by atoms with van der Waals surface area (Å²) in [6, 6.07) is 21.2. The molecule has 1 amide bonds. The largest absolute Gasteiger partial charge is 0.315 e. The number of rotatable bonds is 6. The topological polar surface area (TPSA) is 51.0 Å². The van der Waals surface area contributed by atoms with Crippen molar-refractivity contribution in [1.82, 2.24) is 14.8 Å². The van der Waals surface area contributed by atoms with Crippen molar-refractivity contribution < 1.29 is 13.6 Å². The normalized spacial score (nSPS) is 11.9. The van der Waals surface area contributed by atoms with Crippen molar-refractivity contribution >= 4 is 23.4 Å². The molecule has 1 heterocycles. The molecule has 0 bridgehead atoms. The lowest BCUT2D eigenvalue weighted by Gasteiger charge is -2.21. The average molecular weight is 451 g/mol. The zero-order valence-corrected chi connectivity index (χ0v) is 18.3. The lowest BCUT2D eigenvalue weighted by atomic mass is 10.2. The fraction of sp³-hybridized carbons (Fsp3) is 0.125. The molecule has 0 aliphatic heterocycles. The molecule has 32 heavy (non-hydrogen) atoms. The van der Waals surface area contributed by atoms with E-state index >= 15 is 0 Å². The van der Waals surface area contributed by atoms with Gasteiger partial charge in [-0.3, -0.25) is 9.36 Å². The van der Waals surface area contributed by atoms with E-state index < -0.39 is 5.25 Å². The van der Waals surface area contributed by atoms with Gasteiger partial charge in [0, 0.05) is 24.0 Å². The number of halogens is 2. The zero-order valence-electron chi connectivity index (χ0n) is 17.4. The van der Waals surface area contributed by atoms with Crippen LogP contribution in [0, 0.1) is 11.6 Å². The van der Waals surface area contributed by atoms with E-state index in [1.165, 1.54) is 36.0 Å². The molecule has 0 saturated carbocycles. The first kappa shape index (κ1) is 21.7. The summed E-state index contributed by atoms with van der Waals surface area (Å²) < 4.78 is 28.7. The molecule has 162 valence electrons. The van der Waals surface area contributed by atoms with E-state index in [9.17, 15) is 13.6 Å². The van der Waals surface area contributed by atoms with Crippen LogP contribution in [0.15, 0.2) is 84.0 Å². The second-order valence-electron chi connectivity index (χ2n) is 7.12. The van der Waals surface area contributed by atoms with Crippen molar-refractivity contribution in [1.29, 1.82) is 0 Å². The van der Waals surface area contributed by atoms with Gasteiger partial charge in [-0.05, 0) is 67.6 Å². The van der Waals surface area contributed by atoms with Crippen molar-refractivity contribution in [2.24, 2.45) is 0 Å². The Hall–Kier alpha value is -3.52. The predicted molar refractivity (Wildman–Crippen MR) is 122 cm³/mol. The average Bonchev–Trinajstić information content (AvgIpc) is 3.23. The third-order valence-corrected chi connectivity index (χ3v) is 5.95. The molecule has 4 rings (SSSR count). The number of carbonyl (C=O) groups excluding carboxylic acids is 1. The lowest BCUT2D eigenvalue weighted by molar-refractivity contribution is -0.117. The van der Waals surface area contributed by atoms with Gasteiger partial charge in [-0.15, -0.1) is 10.2 Å². The summed E-state index contributed by atoms with van der Waals surface area (Å²) in [5, 5.41) is 8.57. The van der Waals surface area contributed by atoms with Crippen LogP contribution in [0.5, 0.6) is 0 Å². The van der Waals surface area contributed by atoms with Crippen LogP contribution in [0.3, 0.4) is 0 Å². The van der Waals surface area contributed by atoms with Crippen LogP contribution in [0.1, 0.15) is 6.92 Å². The van der Waals surface area contributed by atoms with E-state index in [2.05, 4.69) is 10.2 Å². The maximum atomic E-state index is 13.5. The quantitative estimate of drug-likeness (QED) is 0.371. The standard InChI is InChI=1S/C24H20F2N4OS/c1-16(23(31)29(2)20-6-4-3-5-7-20)32-24-28-27-22(17-8-10-18(25)11-9-17)30(24)21-14-12-19(26)13-15-21/h3-16H,1-2H3. The van der Waals surface area contributed by atoms with Crippen LogP contribution < -0.4 is 4.90 Å². The van der Waals surface area contributed by atoms with Gasteiger partial charge in [0.2, 0.25) is 5.91 Å². The first-order chi connectivity index (χ1) is 15.4. The van der Waals surface area contributed by atoms with Crippen molar-refractivity contribution in [3.63, 3.8) is 0 Å².